The van der Waals surface area contributed by atoms with Gasteiger partial charge in [0.1, 0.15) is 5.75 Å². The van der Waals surface area contributed by atoms with Crippen molar-refractivity contribution < 1.29 is 5.11 Å². The molecule has 0 heterocycles. The third-order valence-electron chi connectivity index (χ3n) is 4.12. The molecule has 0 saturated heterocycles. The van der Waals surface area contributed by atoms with Gasteiger partial charge >= 0.3 is 0 Å². The van der Waals surface area contributed by atoms with Crippen LogP contribution in [0.5, 0.6) is 5.75 Å². The lowest BCUT2D eigenvalue weighted by Crippen LogP contribution is -1.94. The van der Waals surface area contributed by atoms with Gasteiger partial charge in [0.05, 0.1) is 0 Å². The lowest BCUT2D eigenvalue weighted by atomic mass is 9.98. The zero-order valence-electron chi connectivity index (χ0n) is 13.9. The van der Waals surface area contributed by atoms with Gasteiger partial charge in [-0.15, -0.1) is 0 Å². The summed E-state index contributed by atoms with van der Waals surface area (Å²) in [4.78, 5) is 0. The van der Waals surface area contributed by atoms with Crippen LogP contribution < -0.4 is 0 Å². The monoisotopic (exact) mass is 296 g/mol. The molecular weight excluding hydrogens is 268 g/mol. The quantitative estimate of drug-likeness (QED) is 0.633. The first-order chi connectivity index (χ1) is 10.6. The summed E-state index contributed by atoms with van der Waals surface area (Å²) in [7, 11) is 0. The van der Waals surface area contributed by atoms with Gasteiger partial charge in [-0.1, -0.05) is 50.2 Å². The van der Waals surface area contributed by atoms with E-state index in [2.05, 4.69) is 38.1 Å². The van der Waals surface area contributed by atoms with Crippen LogP contribution >= 0.6 is 0 Å². The van der Waals surface area contributed by atoms with Gasteiger partial charge in [0.2, 0.25) is 0 Å². The highest BCUT2D eigenvalue weighted by atomic mass is 16.3. The minimum Gasteiger partial charge on any atom is -0.508 e. The largest absolute Gasteiger partial charge is 0.508 e. The molecule has 0 spiro atoms. The van der Waals surface area contributed by atoms with E-state index in [4.69, 9.17) is 0 Å². The summed E-state index contributed by atoms with van der Waals surface area (Å²) in [6.07, 6.45) is 7.12. The molecule has 0 aromatic heterocycles. The fraction of sp³-hybridized carbons (Fsp3) is 0.429. The average molecular weight is 296 g/mol. The first-order valence-electron chi connectivity index (χ1n) is 8.49. The molecule has 0 unspecified atom stereocenters. The molecule has 0 radical (unpaired) electrons. The molecule has 1 N–H and O–H groups in total. The summed E-state index contributed by atoms with van der Waals surface area (Å²) < 4.78 is 0. The van der Waals surface area contributed by atoms with E-state index in [0.717, 1.165) is 18.8 Å². The minimum atomic E-state index is 0.349. The Morgan fingerprint density at radius 3 is 2.00 bits per heavy atom. The van der Waals surface area contributed by atoms with Crippen LogP contribution in [0.2, 0.25) is 0 Å². The maximum Gasteiger partial charge on any atom is 0.115 e. The van der Waals surface area contributed by atoms with E-state index >= 15 is 0 Å². The molecule has 2 rings (SSSR count). The second-order valence-electron chi connectivity index (χ2n) is 6.63. The molecule has 0 atom stereocenters. The lowest BCUT2D eigenvalue weighted by Gasteiger charge is -2.07. The predicted octanol–water partition coefficient (Wildman–Crippen LogP) is 5.55. The second-order valence-corrected chi connectivity index (χ2v) is 6.63. The molecular formula is C21H28O. The van der Waals surface area contributed by atoms with E-state index in [1.807, 2.05) is 12.1 Å². The fourth-order valence-electron chi connectivity index (χ4n) is 2.72. The highest BCUT2D eigenvalue weighted by Crippen LogP contribution is 2.15. The minimum absolute atomic E-state index is 0.349. The topological polar surface area (TPSA) is 20.2 Å². The molecule has 118 valence electrons. The number of aryl methyl sites for hydroxylation is 3. The summed E-state index contributed by atoms with van der Waals surface area (Å²) in [6, 6.07) is 16.7. The molecule has 0 aliphatic heterocycles. The number of hydrogen-bond donors (Lipinski definition) is 1. The van der Waals surface area contributed by atoms with Crippen molar-refractivity contribution in [2.45, 2.75) is 52.4 Å². The Morgan fingerprint density at radius 2 is 1.36 bits per heavy atom. The van der Waals surface area contributed by atoms with Crippen molar-refractivity contribution in [3.63, 3.8) is 0 Å². The van der Waals surface area contributed by atoms with Crippen LogP contribution in [0.1, 0.15) is 49.8 Å². The molecule has 0 saturated carbocycles. The normalized spacial score (nSPS) is 11.0. The molecule has 1 heteroatoms. The Hall–Kier alpha value is -1.76. The van der Waals surface area contributed by atoms with Crippen molar-refractivity contribution in [1.29, 1.82) is 0 Å². The summed E-state index contributed by atoms with van der Waals surface area (Å²) >= 11 is 0. The third-order valence-corrected chi connectivity index (χ3v) is 4.12. The highest BCUT2D eigenvalue weighted by molar-refractivity contribution is 5.26. The summed E-state index contributed by atoms with van der Waals surface area (Å²) in [6.45, 7) is 4.57. The van der Waals surface area contributed by atoms with Gasteiger partial charge < -0.3 is 5.11 Å². The number of benzene rings is 2. The summed E-state index contributed by atoms with van der Waals surface area (Å²) in [5.74, 6) is 1.12. The van der Waals surface area contributed by atoms with E-state index < -0.39 is 0 Å². The van der Waals surface area contributed by atoms with Crippen LogP contribution in [0.15, 0.2) is 48.5 Å². The molecule has 2 aromatic rings. The average Bonchev–Trinajstić information content (AvgIpc) is 2.52. The van der Waals surface area contributed by atoms with Crippen molar-refractivity contribution in [3.8, 4) is 5.75 Å². The Labute approximate surface area is 135 Å². The van der Waals surface area contributed by atoms with Crippen LogP contribution in [0.4, 0.5) is 0 Å². The van der Waals surface area contributed by atoms with Crippen LogP contribution in [0.25, 0.3) is 0 Å². The smallest absolute Gasteiger partial charge is 0.115 e. The number of rotatable bonds is 8. The molecule has 0 bridgehead atoms. The second kappa shape index (κ2) is 8.63. The van der Waals surface area contributed by atoms with Gasteiger partial charge in [-0.3, -0.25) is 0 Å². The highest BCUT2D eigenvalue weighted by Gasteiger charge is 2.00. The summed E-state index contributed by atoms with van der Waals surface area (Å²) in [5, 5.41) is 9.28. The van der Waals surface area contributed by atoms with Crippen LogP contribution in [-0.4, -0.2) is 5.11 Å². The Morgan fingerprint density at radius 1 is 0.773 bits per heavy atom. The molecule has 0 aliphatic rings. The Kier molecular flexibility index (Phi) is 6.51. The molecule has 0 amide bonds. The summed E-state index contributed by atoms with van der Waals surface area (Å²) in [5.41, 5.74) is 4.25. The Balaban J connectivity index is 1.74. The molecule has 2 aromatic carbocycles. The van der Waals surface area contributed by atoms with Gasteiger partial charge in [-0.2, -0.15) is 0 Å². The number of aromatic hydroxyl groups is 1. The van der Waals surface area contributed by atoms with Crippen LogP contribution in [0, 0.1) is 5.92 Å². The first-order valence-corrected chi connectivity index (χ1v) is 8.49. The van der Waals surface area contributed by atoms with Crippen molar-refractivity contribution in [2.75, 3.05) is 0 Å². The van der Waals surface area contributed by atoms with Crippen LogP contribution in [0.3, 0.4) is 0 Å². The predicted molar refractivity (Wildman–Crippen MR) is 94.3 cm³/mol. The standard InChI is InChI=1S/C21H28O/c1-17(2)10-11-20-9-5-8-19(16-20)7-4-3-6-18-12-14-21(22)15-13-18/h5,8-9,12-17,22H,3-4,6-7,10-11H2,1-2H3. The third kappa shape index (κ3) is 5.93. The number of phenols is 1. The molecule has 22 heavy (non-hydrogen) atoms. The van der Waals surface area contributed by atoms with Crippen molar-refractivity contribution in [3.05, 3.63) is 65.2 Å². The lowest BCUT2D eigenvalue weighted by molar-refractivity contribution is 0.475. The zero-order valence-corrected chi connectivity index (χ0v) is 13.9. The zero-order chi connectivity index (χ0) is 15.8. The van der Waals surface area contributed by atoms with E-state index in [-0.39, 0.29) is 0 Å². The van der Waals surface area contributed by atoms with E-state index in [0.29, 0.717) is 5.75 Å². The van der Waals surface area contributed by atoms with Gasteiger partial charge in [-0.05, 0) is 73.3 Å². The number of phenolic OH excluding ortho intramolecular Hbond substituents is 1. The van der Waals surface area contributed by atoms with Gasteiger partial charge in [0, 0.05) is 0 Å². The SMILES string of the molecule is CC(C)CCc1cccc(CCCCc2ccc(O)cc2)c1. The Bertz CT molecular complexity index is 554. The van der Waals surface area contributed by atoms with Crippen molar-refractivity contribution in [2.24, 2.45) is 5.92 Å². The fourth-order valence-corrected chi connectivity index (χ4v) is 2.72. The van der Waals surface area contributed by atoms with Crippen molar-refractivity contribution >= 4 is 0 Å². The molecule has 1 nitrogen and oxygen atoms in total. The maximum absolute atomic E-state index is 9.28. The van der Waals surface area contributed by atoms with E-state index in [1.54, 1.807) is 12.1 Å². The van der Waals surface area contributed by atoms with E-state index in [1.165, 1.54) is 42.4 Å². The van der Waals surface area contributed by atoms with Gasteiger partial charge in [-0.25, -0.2) is 0 Å². The van der Waals surface area contributed by atoms with Gasteiger partial charge in [0.15, 0.2) is 0 Å². The molecule has 0 aliphatic carbocycles. The molecule has 0 fully saturated rings. The number of unbranched alkanes of at least 4 members (excludes halogenated alkanes) is 1. The first kappa shape index (κ1) is 16.6. The van der Waals surface area contributed by atoms with Gasteiger partial charge in [0.25, 0.3) is 0 Å². The number of hydrogen-bond acceptors (Lipinski definition) is 1. The van der Waals surface area contributed by atoms with Crippen molar-refractivity contribution in [1.82, 2.24) is 0 Å². The van der Waals surface area contributed by atoms with Crippen LogP contribution in [-0.2, 0) is 19.3 Å². The van der Waals surface area contributed by atoms with E-state index in [9.17, 15) is 5.11 Å². The maximum atomic E-state index is 9.28.